The third-order valence-electron chi connectivity index (χ3n) is 4.20. The summed E-state index contributed by atoms with van der Waals surface area (Å²) in [5.74, 6) is -0.483. The highest BCUT2D eigenvalue weighted by Gasteiger charge is 2.29. The highest BCUT2D eigenvalue weighted by Crippen LogP contribution is 2.36. The van der Waals surface area contributed by atoms with E-state index in [0.717, 1.165) is 0 Å². The standard InChI is InChI=1S/C20H14F4N4OS/c1-30-19-25-10-9-14(26-19)17-15-3-2-4-16(29-11-20(22,23)24)28(15)27-18(17)12-5-7-13(21)8-6-12/h2-10H,11H2,1H3. The first kappa shape index (κ1) is 20.1. The number of ether oxygens (including phenoxy) is 1. The molecule has 0 bridgehead atoms. The van der Waals surface area contributed by atoms with E-state index in [2.05, 4.69) is 15.1 Å². The van der Waals surface area contributed by atoms with Crippen LogP contribution < -0.4 is 4.74 Å². The van der Waals surface area contributed by atoms with Crippen LogP contribution in [-0.4, -0.2) is 38.6 Å². The van der Waals surface area contributed by atoms with Gasteiger partial charge in [0.15, 0.2) is 11.8 Å². The Morgan fingerprint density at radius 1 is 1.07 bits per heavy atom. The second-order valence-electron chi connectivity index (χ2n) is 6.22. The van der Waals surface area contributed by atoms with Gasteiger partial charge in [-0.25, -0.2) is 14.4 Å². The zero-order valence-corrected chi connectivity index (χ0v) is 16.3. The molecule has 0 saturated carbocycles. The lowest BCUT2D eigenvalue weighted by molar-refractivity contribution is -0.154. The van der Waals surface area contributed by atoms with Gasteiger partial charge in [-0.2, -0.15) is 22.8 Å². The molecule has 4 rings (SSSR count). The quantitative estimate of drug-likeness (QED) is 0.244. The number of pyridine rings is 1. The first-order valence-corrected chi connectivity index (χ1v) is 9.93. The fraction of sp³-hybridized carbons (Fsp3) is 0.150. The van der Waals surface area contributed by atoms with Crippen molar-refractivity contribution in [3.05, 3.63) is 60.5 Å². The van der Waals surface area contributed by atoms with E-state index in [-0.39, 0.29) is 5.88 Å². The molecule has 0 unspecified atom stereocenters. The predicted octanol–water partition coefficient (Wildman–Crippen LogP) is 5.26. The maximum atomic E-state index is 13.4. The molecule has 5 nitrogen and oxygen atoms in total. The van der Waals surface area contributed by atoms with Crippen molar-refractivity contribution in [2.75, 3.05) is 12.9 Å². The van der Waals surface area contributed by atoms with Crippen LogP contribution >= 0.6 is 11.8 Å². The van der Waals surface area contributed by atoms with Crippen LogP contribution in [0.5, 0.6) is 5.88 Å². The minimum atomic E-state index is -4.49. The highest BCUT2D eigenvalue weighted by molar-refractivity contribution is 7.98. The van der Waals surface area contributed by atoms with E-state index in [0.29, 0.717) is 33.2 Å². The van der Waals surface area contributed by atoms with Crippen LogP contribution in [0, 0.1) is 5.82 Å². The van der Waals surface area contributed by atoms with Crippen LogP contribution in [0.25, 0.3) is 28.0 Å². The Labute approximate surface area is 172 Å². The van der Waals surface area contributed by atoms with Gasteiger partial charge in [0, 0.05) is 17.8 Å². The minimum Gasteiger partial charge on any atom is -0.468 e. The van der Waals surface area contributed by atoms with Crippen LogP contribution in [0.2, 0.25) is 0 Å². The lowest BCUT2D eigenvalue weighted by Crippen LogP contribution is -2.20. The van der Waals surface area contributed by atoms with Crippen molar-refractivity contribution >= 4 is 17.3 Å². The van der Waals surface area contributed by atoms with Crippen LogP contribution in [0.4, 0.5) is 17.6 Å². The number of hydrogen-bond acceptors (Lipinski definition) is 5. The van der Waals surface area contributed by atoms with Crippen molar-refractivity contribution in [3.63, 3.8) is 0 Å². The molecule has 0 N–H and O–H groups in total. The number of nitrogens with zero attached hydrogens (tertiary/aromatic N) is 4. The summed E-state index contributed by atoms with van der Waals surface area (Å²) < 4.78 is 57.7. The van der Waals surface area contributed by atoms with E-state index < -0.39 is 18.6 Å². The predicted molar refractivity (Wildman–Crippen MR) is 105 cm³/mol. The van der Waals surface area contributed by atoms with Gasteiger partial charge in [-0.1, -0.05) is 17.8 Å². The van der Waals surface area contributed by atoms with Gasteiger partial charge in [-0.05, 0) is 42.7 Å². The molecule has 3 aromatic heterocycles. The summed E-state index contributed by atoms with van der Waals surface area (Å²) in [6.45, 7) is -1.45. The smallest absolute Gasteiger partial charge is 0.422 e. The molecule has 0 aliphatic rings. The highest BCUT2D eigenvalue weighted by atomic mass is 32.2. The van der Waals surface area contributed by atoms with Gasteiger partial charge in [-0.3, -0.25) is 0 Å². The Balaban J connectivity index is 1.94. The number of fused-ring (bicyclic) bond motifs is 1. The van der Waals surface area contributed by atoms with E-state index in [1.54, 1.807) is 36.5 Å². The van der Waals surface area contributed by atoms with E-state index in [9.17, 15) is 17.6 Å². The second kappa shape index (κ2) is 7.94. The minimum absolute atomic E-state index is 0.0708. The molecule has 154 valence electrons. The van der Waals surface area contributed by atoms with Crippen molar-refractivity contribution in [1.82, 2.24) is 19.6 Å². The van der Waals surface area contributed by atoms with E-state index in [4.69, 9.17) is 4.74 Å². The molecule has 1 aromatic carbocycles. The van der Waals surface area contributed by atoms with Crippen LogP contribution in [0.3, 0.4) is 0 Å². The fourth-order valence-corrected chi connectivity index (χ4v) is 3.31. The summed E-state index contributed by atoms with van der Waals surface area (Å²) in [4.78, 5) is 8.67. The Hall–Kier alpha value is -3.14. The Morgan fingerprint density at radius 3 is 2.53 bits per heavy atom. The van der Waals surface area contributed by atoms with Crippen LogP contribution in [-0.2, 0) is 0 Å². The third-order valence-corrected chi connectivity index (χ3v) is 4.76. The van der Waals surface area contributed by atoms with Crippen molar-refractivity contribution in [1.29, 1.82) is 0 Å². The normalized spacial score (nSPS) is 11.8. The lowest BCUT2D eigenvalue weighted by Gasteiger charge is -2.10. The molecule has 0 saturated heterocycles. The number of hydrogen-bond donors (Lipinski definition) is 0. The Morgan fingerprint density at radius 2 is 1.83 bits per heavy atom. The van der Waals surface area contributed by atoms with Crippen LogP contribution in [0.1, 0.15) is 0 Å². The number of halogens is 4. The summed E-state index contributed by atoms with van der Waals surface area (Å²) >= 11 is 1.35. The van der Waals surface area contributed by atoms with Gasteiger partial charge in [-0.15, -0.1) is 0 Å². The number of benzene rings is 1. The monoisotopic (exact) mass is 434 g/mol. The SMILES string of the molecule is CSc1nccc(-c2c(-c3ccc(F)cc3)nn3c(OCC(F)(F)F)cccc23)n1. The summed E-state index contributed by atoms with van der Waals surface area (Å²) in [7, 11) is 0. The first-order chi connectivity index (χ1) is 14.4. The molecule has 0 aliphatic carbocycles. The molecule has 4 aromatic rings. The topological polar surface area (TPSA) is 52.3 Å². The molecule has 3 heterocycles. The number of alkyl halides is 3. The number of aromatic nitrogens is 4. The Bertz CT molecular complexity index is 1190. The van der Waals surface area contributed by atoms with Crippen molar-refractivity contribution in [2.24, 2.45) is 0 Å². The largest absolute Gasteiger partial charge is 0.468 e. The number of rotatable bonds is 5. The molecular formula is C20H14F4N4OS. The van der Waals surface area contributed by atoms with Gasteiger partial charge < -0.3 is 4.74 Å². The summed E-state index contributed by atoms with van der Waals surface area (Å²) in [6.07, 6.45) is -1.06. The summed E-state index contributed by atoms with van der Waals surface area (Å²) in [5, 5.41) is 5.01. The maximum absolute atomic E-state index is 13.4. The van der Waals surface area contributed by atoms with Crippen molar-refractivity contribution in [3.8, 4) is 28.4 Å². The van der Waals surface area contributed by atoms with Crippen molar-refractivity contribution < 1.29 is 22.3 Å². The van der Waals surface area contributed by atoms with Gasteiger partial charge in [0.2, 0.25) is 5.88 Å². The average Bonchev–Trinajstić information content (AvgIpc) is 3.12. The third kappa shape index (κ3) is 4.09. The lowest BCUT2D eigenvalue weighted by atomic mass is 10.0. The molecule has 0 radical (unpaired) electrons. The first-order valence-electron chi connectivity index (χ1n) is 8.70. The second-order valence-corrected chi connectivity index (χ2v) is 7.00. The average molecular weight is 434 g/mol. The molecule has 10 heteroatoms. The zero-order valence-electron chi connectivity index (χ0n) is 15.5. The zero-order chi connectivity index (χ0) is 21.3. The summed E-state index contributed by atoms with van der Waals surface area (Å²) in [5.41, 5.74) is 2.64. The molecule has 0 amide bonds. The van der Waals surface area contributed by atoms with Gasteiger partial charge >= 0.3 is 6.18 Å². The molecule has 0 aliphatic heterocycles. The van der Waals surface area contributed by atoms with E-state index >= 15 is 0 Å². The molecule has 0 spiro atoms. The maximum Gasteiger partial charge on any atom is 0.422 e. The van der Waals surface area contributed by atoms with E-state index in [1.807, 2.05) is 6.26 Å². The van der Waals surface area contributed by atoms with E-state index in [1.165, 1.54) is 34.5 Å². The molecular weight excluding hydrogens is 420 g/mol. The fourth-order valence-electron chi connectivity index (χ4n) is 2.95. The van der Waals surface area contributed by atoms with Gasteiger partial charge in [0.1, 0.15) is 11.5 Å². The molecule has 30 heavy (non-hydrogen) atoms. The van der Waals surface area contributed by atoms with Gasteiger partial charge in [0.05, 0.1) is 16.8 Å². The van der Waals surface area contributed by atoms with Crippen molar-refractivity contribution in [2.45, 2.75) is 11.3 Å². The molecule has 0 atom stereocenters. The number of thioether (sulfide) groups is 1. The molecule has 0 fully saturated rings. The van der Waals surface area contributed by atoms with Gasteiger partial charge in [0.25, 0.3) is 0 Å². The Kier molecular flexibility index (Phi) is 5.33. The van der Waals surface area contributed by atoms with Crippen LogP contribution in [0.15, 0.2) is 59.9 Å². The summed E-state index contributed by atoms with van der Waals surface area (Å²) in [6, 6.07) is 12.0.